The molecule has 2 atom stereocenters. The van der Waals surface area contributed by atoms with E-state index in [2.05, 4.69) is 26.5 Å². The highest BCUT2D eigenvalue weighted by molar-refractivity contribution is 7.80. The lowest BCUT2D eigenvalue weighted by molar-refractivity contribution is -0.312. The molecule has 0 saturated carbocycles. The van der Waals surface area contributed by atoms with Gasteiger partial charge >= 0.3 is 0 Å². The topological polar surface area (TPSA) is 58.9 Å². The van der Waals surface area contributed by atoms with E-state index in [4.69, 9.17) is 9.47 Å². The van der Waals surface area contributed by atoms with Crippen molar-refractivity contribution in [1.29, 1.82) is 0 Å². The van der Waals surface area contributed by atoms with E-state index in [0.29, 0.717) is 13.2 Å². The van der Waals surface area contributed by atoms with E-state index in [-0.39, 0.29) is 5.75 Å². The Hall–Kier alpha value is 0.190. The Morgan fingerprint density at radius 2 is 0.750 bits per heavy atom. The number of thiol groups is 1. The fourth-order valence-corrected chi connectivity index (χ4v) is 5.61. The number of ether oxygens (including phenoxy) is 2. The molecule has 0 heterocycles. The van der Waals surface area contributed by atoms with Crippen LogP contribution in [0, 0.1) is 0 Å². The number of hydrogen-bond acceptors (Lipinski definition) is 5. The maximum Gasteiger partial charge on any atom is 0.227 e. The first-order chi connectivity index (χ1) is 19.6. The van der Waals surface area contributed by atoms with Crippen molar-refractivity contribution in [3.63, 3.8) is 0 Å². The van der Waals surface area contributed by atoms with Gasteiger partial charge in [-0.25, -0.2) is 0 Å². The molecular formula is C35H72O4S. The summed E-state index contributed by atoms with van der Waals surface area (Å²) in [7, 11) is 0. The summed E-state index contributed by atoms with van der Waals surface area (Å²) in [6.45, 7) is 5.42. The average molecular weight is 589 g/mol. The first-order valence-corrected chi connectivity index (χ1v) is 18.5. The lowest BCUT2D eigenvalue weighted by Crippen LogP contribution is -2.48. The van der Waals surface area contributed by atoms with Gasteiger partial charge in [-0.05, 0) is 12.8 Å². The van der Waals surface area contributed by atoms with Gasteiger partial charge in [0.05, 0.1) is 6.61 Å². The summed E-state index contributed by atoms with van der Waals surface area (Å²) in [6.07, 6.45) is 35.3. The van der Waals surface area contributed by atoms with E-state index in [1.165, 1.54) is 154 Å². The molecule has 0 amide bonds. The summed E-state index contributed by atoms with van der Waals surface area (Å²) in [5.74, 6) is -1.71. The number of aliphatic hydroxyl groups excluding tert-OH is 1. The first kappa shape index (κ1) is 40.2. The van der Waals surface area contributed by atoms with Gasteiger partial charge < -0.3 is 19.7 Å². The summed E-state index contributed by atoms with van der Waals surface area (Å²) in [4.78, 5) is 0. The van der Waals surface area contributed by atoms with Crippen molar-refractivity contribution in [1.82, 2.24) is 0 Å². The van der Waals surface area contributed by atoms with Crippen LogP contribution in [-0.2, 0) is 9.47 Å². The summed E-state index contributed by atoms with van der Waals surface area (Å²) in [6, 6.07) is 0. The van der Waals surface area contributed by atoms with Gasteiger partial charge in [0.2, 0.25) is 12.1 Å². The van der Waals surface area contributed by atoms with Gasteiger partial charge in [-0.2, -0.15) is 12.6 Å². The third kappa shape index (κ3) is 27.0. The molecule has 0 aromatic heterocycles. The van der Waals surface area contributed by atoms with Crippen molar-refractivity contribution in [2.45, 2.75) is 206 Å². The molecule has 4 nitrogen and oxygen atoms in total. The van der Waals surface area contributed by atoms with Crippen molar-refractivity contribution in [3.05, 3.63) is 0 Å². The highest BCUT2D eigenvalue weighted by Gasteiger charge is 2.36. The smallest absolute Gasteiger partial charge is 0.227 e. The molecule has 0 spiro atoms. The van der Waals surface area contributed by atoms with E-state index < -0.39 is 12.1 Å². The fraction of sp³-hybridized carbons (Fsp3) is 1.00. The zero-order chi connectivity index (χ0) is 29.4. The Labute approximate surface area is 256 Å². The zero-order valence-corrected chi connectivity index (χ0v) is 28.1. The molecule has 242 valence electrons. The number of aliphatic hydroxyl groups is 2. The second-order valence-electron chi connectivity index (χ2n) is 12.3. The van der Waals surface area contributed by atoms with Gasteiger partial charge in [0, 0.05) is 12.4 Å². The Bertz CT molecular complexity index is 478. The molecule has 2 unspecified atom stereocenters. The van der Waals surface area contributed by atoms with Crippen LogP contribution in [0.3, 0.4) is 0 Å². The first-order valence-electron chi connectivity index (χ1n) is 17.9. The Kier molecular flexibility index (Phi) is 32.3. The molecular weight excluding hydrogens is 516 g/mol. The van der Waals surface area contributed by atoms with Crippen LogP contribution in [0.25, 0.3) is 0 Å². The van der Waals surface area contributed by atoms with E-state index in [1.807, 2.05) is 0 Å². The standard InChI is InChI=1S/C35H72O4S/c1-3-5-7-9-11-13-15-17-19-21-23-25-27-29-31-38-34(36)35(37,33-40)39-32-30-28-26-24-22-20-18-16-14-12-10-8-6-4-2/h34,36-37,40H,3-33H2,1-2H3. The molecule has 0 fully saturated rings. The van der Waals surface area contributed by atoms with Gasteiger partial charge in [-0.3, -0.25) is 0 Å². The molecule has 0 rings (SSSR count). The number of unbranched alkanes of at least 4 members (excludes halogenated alkanes) is 26. The highest BCUT2D eigenvalue weighted by Crippen LogP contribution is 2.19. The van der Waals surface area contributed by atoms with Crippen molar-refractivity contribution in [3.8, 4) is 0 Å². The normalized spacial score (nSPS) is 14.0. The summed E-state index contributed by atoms with van der Waals surface area (Å²) >= 11 is 4.20. The molecule has 0 radical (unpaired) electrons. The van der Waals surface area contributed by atoms with Crippen LogP contribution in [0.15, 0.2) is 0 Å². The third-order valence-electron chi connectivity index (χ3n) is 8.24. The maximum atomic E-state index is 10.6. The molecule has 0 aromatic rings. The molecule has 0 saturated heterocycles. The van der Waals surface area contributed by atoms with E-state index in [1.54, 1.807) is 0 Å². The molecule has 0 aliphatic heterocycles. The van der Waals surface area contributed by atoms with Crippen LogP contribution >= 0.6 is 12.6 Å². The van der Waals surface area contributed by atoms with Gasteiger partial charge in [0.1, 0.15) is 0 Å². The minimum Gasteiger partial charge on any atom is -0.364 e. The van der Waals surface area contributed by atoms with Gasteiger partial charge in [-0.15, -0.1) is 0 Å². The van der Waals surface area contributed by atoms with Crippen LogP contribution in [0.1, 0.15) is 194 Å². The van der Waals surface area contributed by atoms with Crippen molar-refractivity contribution in [2.75, 3.05) is 19.0 Å². The third-order valence-corrected chi connectivity index (χ3v) is 8.69. The Balaban J connectivity index is 3.53. The van der Waals surface area contributed by atoms with Gasteiger partial charge in [0.25, 0.3) is 0 Å². The number of hydrogen-bond donors (Lipinski definition) is 3. The maximum absolute atomic E-state index is 10.6. The Morgan fingerprint density at radius 3 is 1.05 bits per heavy atom. The molecule has 0 aromatic carbocycles. The highest BCUT2D eigenvalue weighted by atomic mass is 32.1. The SMILES string of the molecule is CCCCCCCCCCCCCCCCOC(O)C(O)(CS)OCCCCCCCCCCCCCCCC. The molecule has 5 heteroatoms. The monoisotopic (exact) mass is 589 g/mol. The van der Waals surface area contributed by atoms with E-state index in [0.717, 1.165) is 25.7 Å². The van der Waals surface area contributed by atoms with Crippen molar-refractivity contribution >= 4 is 12.6 Å². The van der Waals surface area contributed by atoms with Crippen LogP contribution in [0.2, 0.25) is 0 Å². The molecule has 2 N–H and O–H groups in total. The summed E-state index contributed by atoms with van der Waals surface area (Å²) in [5, 5.41) is 21.0. The van der Waals surface area contributed by atoms with Crippen LogP contribution in [0.5, 0.6) is 0 Å². The van der Waals surface area contributed by atoms with Crippen molar-refractivity contribution in [2.24, 2.45) is 0 Å². The summed E-state index contributed by atoms with van der Waals surface area (Å²) < 4.78 is 11.1. The second kappa shape index (κ2) is 32.1. The van der Waals surface area contributed by atoms with Crippen molar-refractivity contribution < 1.29 is 19.7 Å². The van der Waals surface area contributed by atoms with Crippen LogP contribution in [0.4, 0.5) is 0 Å². The summed E-state index contributed by atoms with van der Waals surface area (Å²) in [5.41, 5.74) is 0. The largest absolute Gasteiger partial charge is 0.364 e. The fourth-order valence-electron chi connectivity index (χ4n) is 5.36. The van der Waals surface area contributed by atoms with Crippen LogP contribution < -0.4 is 0 Å². The molecule has 0 aliphatic carbocycles. The van der Waals surface area contributed by atoms with E-state index >= 15 is 0 Å². The van der Waals surface area contributed by atoms with Gasteiger partial charge in [0.15, 0.2) is 0 Å². The predicted octanol–water partition coefficient (Wildman–Crippen LogP) is 10.9. The van der Waals surface area contributed by atoms with E-state index in [9.17, 15) is 10.2 Å². The minimum absolute atomic E-state index is 0.0194. The zero-order valence-electron chi connectivity index (χ0n) is 27.2. The predicted molar refractivity (Wildman–Crippen MR) is 177 cm³/mol. The Morgan fingerprint density at radius 1 is 0.475 bits per heavy atom. The molecule has 0 bridgehead atoms. The lowest BCUT2D eigenvalue weighted by atomic mass is 10.0. The lowest BCUT2D eigenvalue weighted by Gasteiger charge is -2.31. The number of rotatable bonds is 34. The molecule has 0 aliphatic rings. The van der Waals surface area contributed by atoms with Gasteiger partial charge in [-0.1, -0.05) is 181 Å². The molecule has 40 heavy (non-hydrogen) atoms. The van der Waals surface area contributed by atoms with Crippen LogP contribution in [-0.4, -0.2) is 41.3 Å². The quantitative estimate of drug-likeness (QED) is 0.0397. The average Bonchev–Trinajstić information content (AvgIpc) is 2.96. The minimum atomic E-state index is -1.73. The second-order valence-corrected chi connectivity index (χ2v) is 12.6.